The van der Waals surface area contributed by atoms with Crippen LogP contribution in [0.15, 0.2) is 0 Å². The van der Waals surface area contributed by atoms with E-state index in [0.29, 0.717) is 6.04 Å². The van der Waals surface area contributed by atoms with Crippen LogP contribution in [0.5, 0.6) is 0 Å². The topological polar surface area (TPSA) is 32.3 Å². The fourth-order valence-corrected chi connectivity index (χ4v) is 1.52. The monoisotopic (exact) mass is 157 g/mol. The summed E-state index contributed by atoms with van der Waals surface area (Å²) in [5.74, 6) is 0. The summed E-state index contributed by atoms with van der Waals surface area (Å²) in [6, 6.07) is 0.668. The van der Waals surface area contributed by atoms with E-state index in [0.717, 1.165) is 6.54 Å². The highest BCUT2D eigenvalue weighted by Crippen LogP contribution is 2.17. The van der Waals surface area contributed by atoms with Crippen molar-refractivity contribution in [3.05, 3.63) is 0 Å². The molecule has 0 aromatic heterocycles. The van der Waals surface area contributed by atoms with E-state index >= 15 is 0 Å². The van der Waals surface area contributed by atoms with Gasteiger partial charge in [0.05, 0.1) is 5.60 Å². The van der Waals surface area contributed by atoms with Crippen LogP contribution in [-0.4, -0.2) is 23.3 Å². The summed E-state index contributed by atoms with van der Waals surface area (Å²) >= 11 is 0. The molecule has 0 atom stereocenters. The summed E-state index contributed by atoms with van der Waals surface area (Å²) in [4.78, 5) is 0. The minimum Gasteiger partial charge on any atom is -0.389 e. The fraction of sp³-hybridized carbons (Fsp3) is 1.00. The molecule has 1 fully saturated rings. The number of hydrogen-bond acceptors (Lipinski definition) is 2. The first kappa shape index (κ1) is 9.01. The van der Waals surface area contributed by atoms with Crippen molar-refractivity contribution >= 4 is 0 Å². The van der Waals surface area contributed by atoms with Gasteiger partial charge >= 0.3 is 0 Å². The van der Waals surface area contributed by atoms with Gasteiger partial charge in [-0.25, -0.2) is 0 Å². The molecule has 0 aromatic rings. The Kier molecular flexibility index (Phi) is 2.90. The molecule has 11 heavy (non-hydrogen) atoms. The minimum absolute atomic E-state index is 0.553. The molecule has 0 aliphatic heterocycles. The molecule has 0 radical (unpaired) electrons. The van der Waals surface area contributed by atoms with Gasteiger partial charge in [0.1, 0.15) is 0 Å². The van der Waals surface area contributed by atoms with Gasteiger partial charge < -0.3 is 10.4 Å². The summed E-state index contributed by atoms with van der Waals surface area (Å²) in [7, 11) is 0. The molecule has 0 aromatic carbocycles. The lowest BCUT2D eigenvalue weighted by Gasteiger charge is -2.20. The second kappa shape index (κ2) is 3.55. The van der Waals surface area contributed by atoms with Crippen molar-refractivity contribution in [2.45, 2.75) is 51.2 Å². The minimum atomic E-state index is -0.553. The molecular formula is C9H19NO. The molecule has 0 bridgehead atoms. The summed E-state index contributed by atoms with van der Waals surface area (Å²) in [6.45, 7) is 4.40. The van der Waals surface area contributed by atoms with E-state index in [1.54, 1.807) is 0 Å². The molecule has 0 heterocycles. The third-order valence-electron chi connectivity index (χ3n) is 2.18. The van der Waals surface area contributed by atoms with Gasteiger partial charge in [-0.2, -0.15) is 0 Å². The number of hydrogen-bond donors (Lipinski definition) is 2. The molecule has 1 saturated carbocycles. The average molecular weight is 157 g/mol. The van der Waals surface area contributed by atoms with E-state index in [4.69, 9.17) is 0 Å². The molecule has 66 valence electrons. The van der Waals surface area contributed by atoms with Crippen LogP contribution in [0.4, 0.5) is 0 Å². The lowest BCUT2D eigenvalue weighted by molar-refractivity contribution is 0.0766. The fourth-order valence-electron chi connectivity index (χ4n) is 1.52. The number of aliphatic hydroxyl groups is 1. The Morgan fingerprint density at radius 1 is 1.36 bits per heavy atom. The Hall–Kier alpha value is -0.0800. The zero-order chi connectivity index (χ0) is 8.32. The normalized spacial score (nSPS) is 21.0. The maximum absolute atomic E-state index is 9.42. The quantitative estimate of drug-likeness (QED) is 0.647. The van der Waals surface area contributed by atoms with Gasteiger partial charge in [0.25, 0.3) is 0 Å². The number of rotatable bonds is 3. The first-order valence-corrected chi connectivity index (χ1v) is 4.54. The van der Waals surface area contributed by atoms with Crippen LogP contribution < -0.4 is 5.32 Å². The molecule has 0 spiro atoms. The van der Waals surface area contributed by atoms with Crippen LogP contribution in [0.2, 0.25) is 0 Å². The highest BCUT2D eigenvalue weighted by atomic mass is 16.3. The third kappa shape index (κ3) is 3.73. The highest BCUT2D eigenvalue weighted by molar-refractivity contribution is 4.77. The third-order valence-corrected chi connectivity index (χ3v) is 2.18. The van der Waals surface area contributed by atoms with Crippen molar-refractivity contribution in [3.8, 4) is 0 Å². The molecule has 0 amide bonds. The lowest BCUT2D eigenvalue weighted by Crippen LogP contribution is -2.39. The van der Waals surface area contributed by atoms with Crippen molar-refractivity contribution in [2.24, 2.45) is 0 Å². The van der Waals surface area contributed by atoms with Gasteiger partial charge in [-0.3, -0.25) is 0 Å². The van der Waals surface area contributed by atoms with Gasteiger partial charge in [-0.1, -0.05) is 12.8 Å². The molecule has 0 saturated heterocycles. The summed E-state index contributed by atoms with van der Waals surface area (Å²) in [6.07, 6.45) is 5.28. The Balaban J connectivity index is 2.11. The van der Waals surface area contributed by atoms with Crippen LogP contribution in [0.25, 0.3) is 0 Å². The number of nitrogens with one attached hydrogen (secondary N) is 1. The maximum atomic E-state index is 9.42. The first-order valence-electron chi connectivity index (χ1n) is 4.54. The Bertz CT molecular complexity index is 111. The van der Waals surface area contributed by atoms with E-state index in [-0.39, 0.29) is 0 Å². The second-order valence-electron chi connectivity index (χ2n) is 4.17. The van der Waals surface area contributed by atoms with Crippen molar-refractivity contribution < 1.29 is 5.11 Å². The van der Waals surface area contributed by atoms with E-state index in [1.165, 1.54) is 25.7 Å². The predicted molar refractivity (Wildman–Crippen MR) is 46.6 cm³/mol. The van der Waals surface area contributed by atoms with Crippen LogP contribution >= 0.6 is 0 Å². The first-order chi connectivity index (χ1) is 5.08. The van der Waals surface area contributed by atoms with Crippen LogP contribution in [0.1, 0.15) is 39.5 Å². The lowest BCUT2D eigenvalue weighted by atomic mass is 10.1. The maximum Gasteiger partial charge on any atom is 0.0715 e. The largest absolute Gasteiger partial charge is 0.389 e. The summed E-state index contributed by atoms with van der Waals surface area (Å²) < 4.78 is 0. The van der Waals surface area contributed by atoms with Crippen molar-refractivity contribution in [3.63, 3.8) is 0 Å². The van der Waals surface area contributed by atoms with Gasteiger partial charge in [-0.15, -0.1) is 0 Å². The van der Waals surface area contributed by atoms with Gasteiger partial charge in [0.2, 0.25) is 0 Å². The molecule has 1 aliphatic rings. The van der Waals surface area contributed by atoms with Crippen LogP contribution in [0, 0.1) is 0 Å². The Labute approximate surface area is 69.0 Å². The molecule has 1 aliphatic carbocycles. The van der Waals surface area contributed by atoms with Gasteiger partial charge in [-0.05, 0) is 26.7 Å². The van der Waals surface area contributed by atoms with Gasteiger partial charge in [0.15, 0.2) is 0 Å². The molecule has 2 heteroatoms. The standard InChI is InChI=1S/C9H19NO/c1-9(2,11)7-10-8-5-3-4-6-8/h8,10-11H,3-7H2,1-2H3. The van der Waals surface area contributed by atoms with E-state index in [9.17, 15) is 5.11 Å². The summed E-state index contributed by atoms with van der Waals surface area (Å²) in [5, 5.41) is 12.8. The predicted octanol–water partition coefficient (Wildman–Crippen LogP) is 1.29. The zero-order valence-electron chi connectivity index (χ0n) is 7.56. The zero-order valence-corrected chi connectivity index (χ0v) is 7.56. The Morgan fingerprint density at radius 3 is 2.36 bits per heavy atom. The van der Waals surface area contributed by atoms with E-state index in [2.05, 4.69) is 5.32 Å². The van der Waals surface area contributed by atoms with Gasteiger partial charge in [0, 0.05) is 12.6 Å². The second-order valence-corrected chi connectivity index (χ2v) is 4.17. The van der Waals surface area contributed by atoms with Crippen LogP contribution in [0.3, 0.4) is 0 Å². The van der Waals surface area contributed by atoms with Crippen LogP contribution in [-0.2, 0) is 0 Å². The molecule has 2 nitrogen and oxygen atoms in total. The molecule has 2 N–H and O–H groups in total. The average Bonchev–Trinajstić information content (AvgIpc) is 2.32. The smallest absolute Gasteiger partial charge is 0.0715 e. The van der Waals surface area contributed by atoms with E-state index in [1.807, 2.05) is 13.8 Å². The molecule has 0 unspecified atom stereocenters. The Morgan fingerprint density at radius 2 is 1.91 bits per heavy atom. The van der Waals surface area contributed by atoms with Crippen molar-refractivity contribution in [1.29, 1.82) is 0 Å². The SMILES string of the molecule is CC(C)(O)CNC1CCCC1. The van der Waals surface area contributed by atoms with E-state index < -0.39 is 5.60 Å². The molecule has 1 rings (SSSR count). The van der Waals surface area contributed by atoms with Crippen molar-refractivity contribution in [2.75, 3.05) is 6.54 Å². The molecular weight excluding hydrogens is 138 g/mol. The summed E-state index contributed by atoms with van der Waals surface area (Å²) in [5.41, 5.74) is -0.553. The van der Waals surface area contributed by atoms with Crippen molar-refractivity contribution in [1.82, 2.24) is 5.32 Å². The highest BCUT2D eigenvalue weighted by Gasteiger charge is 2.18.